The second kappa shape index (κ2) is 8.87. The van der Waals surface area contributed by atoms with Gasteiger partial charge in [-0.15, -0.1) is 0 Å². The molecule has 3 rings (SSSR count). The maximum absolute atomic E-state index is 12.5. The zero-order chi connectivity index (χ0) is 21.7. The molecule has 0 saturated carbocycles. The number of nitrogens with zero attached hydrogens (tertiary/aromatic N) is 2. The molecule has 9 nitrogen and oxygen atoms in total. The van der Waals surface area contributed by atoms with Crippen molar-refractivity contribution in [1.29, 1.82) is 5.26 Å². The quantitative estimate of drug-likeness (QED) is 0.346. The van der Waals surface area contributed by atoms with Crippen molar-refractivity contribution in [3.05, 3.63) is 53.5 Å². The van der Waals surface area contributed by atoms with E-state index in [1.807, 2.05) is 18.2 Å². The Labute approximate surface area is 172 Å². The molecule has 0 aliphatic rings. The minimum atomic E-state index is -0.748. The predicted molar refractivity (Wildman–Crippen MR) is 108 cm³/mol. The summed E-state index contributed by atoms with van der Waals surface area (Å²) in [4.78, 5) is 19.7. The summed E-state index contributed by atoms with van der Waals surface area (Å²) < 4.78 is 20.8. The molecule has 0 bridgehead atoms. The number of aliphatic hydroxyl groups is 1. The van der Waals surface area contributed by atoms with Crippen molar-refractivity contribution in [2.75, 3.05) is 27.9 Å². The first-order valence-corrected chi connectivity index (χ1v) is 8.76. The number of hydrogen-bond donors (Lipinski definition) is 2. The molecule has 154 valence electrons. The molecule has 2 N–H and O–H groups in total. The predicted octanol–water partition coefficient (Wildman–Crippen LogP) is 3.24. The van der Waals surface area contributed by atoms with Crippen LogP contribution in [-0.4, -0.2) is 49.0 Å². The van der Waals surface area contributed by atoms with Gasteiger partial charge in [0.25, 0.3) is 0 Å². The number of benzene rings is 2. The summed E-state index contributed by atoms with van der Waals surface area (Å²) in [6.45, 7) is -0.518. The Balaban J connectivity index is 1.83. The number of carbonyl (C=O) groups excluding carboxylic acids is 1. The van der Waals surface area contributed by atoms with Crippen molar-refractivity contribution in [3.63, 3.8) is 0 Å². The Morgan fingerprint density at radius 2 is 1.80 bits per heavy atom. The van der Waals surface area contributed by atoms with Gasteiger partial charge in [0.05, 0.1) is 37.9 Å². The molecule has 3 aromatic rings. The molecule has 0 aliphatic carbocycles. The number of methoxy groups -OCH3 is 3. The number of allylic oxidation sites excluding steroid dienone is 1. The van der Waals surface area contributed by atoms with E-state index in [1.165, 1.54) is 33.5 Å². The fourth-order valence-electron chi connectivity index (χ4n) is 2.81. The smallest absolute Gasteiger partial charge is 0.338 e. The van der Waals surface area contributed by atoms with Crippen LogP contribution in [-0.2, 0) is 4.74 Å². The van der Waals surface area contributed by atoms with Gasteiger partial charge in [-0.05, 0) is 24.3 Å². The Kier molecular flexibility index (Phi) is 6.08. The monoisotopic (exact) mass is 409 g/mol. The number of nitriles is 1. The van der Waals surface area contributed by atoms with Crippen molar-refractivity contribution in [2.24, 2.45) is 0 Å². The highest BCUT2D eigenvalue weighted by molar-refractivity contribution is 5.91. The number of H-pyrrole nitrogens is 1. The zero-order valence-electron chi connectivity index (χ0n) is 16.6. The molecular weight excluding hydrogens is 390 g/mol. The first-order valence-electron chi connectivity index (χ1n) is 8.76. The van der Waals surface area contributed by atoms with Crippen molar-refractivity contribution in [1.82, 2.24) is 9.97 Å². The van der Waals surface area contributed by atoms with Crippen LogP contribution in [0.2, 0.25) is 0 Å². The van der Waals surface area contributed by atoms with Crippen LogP contribution in [0.5, 0.6) is 17.2 Å². The summed E-state index contributed by atoms with van der Waals surface area (Å²) in [6, 6.07) is 11.9. The van der Waals surface area contributed by atoms with Crippen molar-refractivity contribution < 1.29 is 28.8 Å². The molecule has 0 spiro atoms. The molecule has 0 saturated heterocycles. The van der Waals surface area contributed by atoms with Crippen LogP contribution in [0, 0.1) is 11.3 Å². The topological polar surface area (TPSA) is 127 Å². The lowest BCUT2D eigenvalue weighted by Gasteiger charge is -2.13. The standard InChI is InChI=1S/C21H19N3O6/c1-27-17-8-12(9-18(28-2)19(17)29-3)21(26)30-11-16(25)13(10-22)20-23-14-6-4-5-7-15(14)24-20/h4-9,25H,11H2,1-3H3,(H,23,24). The third kappa shape index (κ3) is 3.98. The van der Waals surface area contributed by atoms with Gasteiger partial charge in [0, 0.05) is 0 Å². The van der Waals surface area contributed by atoms with Crippen LogP contribution in [0.4, 0.5) is 0 Å². The molecule has 9 heteroatoms. The number of aromatic amines is 1. The van der Waals surface area contributed by atoms with E-state index in [0.29, 0.717) is 16.8 Å². The number of aliphatic hydroxyl groups excluding tert-OH is 1. The molecule has 0 atom stereocenters. The summed E-state index contributed by atoms with van der Waals surface area (Å²) in [5, 5.41) is 19.8. The van der Waals surface area contributed by atoms with Crippen molar-refractivity contribution >= 4 is 22.6 Å². The van der Waals surface area contributed by atoms with Gasteiger partial charge in [0.15, 0.2) is 23.1 Å². The van der Waals surface area contributed by atoms with Gasteiger partial charge < -0.3 is 29.0 Å². The number of aromatic nitrogens is 2. The largest absolute Gasteiger partial charge is 0.507 e. The normalized spacial score (nSPS) is 11.4. The lowest BCUT2D eigenvalue weighted by molar-refractivity contribution is 0.0502. The van der Waals surface area contributed by atoms with Gasteiger partial charge in [0.2, 0.25) is 5.75 Å². The van der Waals surface area contributed by atoms with E-state index in [-0.39, 0.29) is 28.5 Å². The van der Waals surface area contributed by atoms with Gasteiger partial charge in [-0.3, -0.25) is 0 Å². The van der Waals surface area contributed by atoms with E-state index in [4.69, 9.17) is 18.9 Å². The molecule has 30 heavy (non-hydrogen) atoms. The van der Waals surface area contributed by atoms with E-state index < -0.39 is 18.3 Å². The minimum absolute atomic E-state index is 0.121. The average molecular weight is 409 g/mol. The number of ether oxygens (including phenoxy) is 4. The zero-order valence-corrected chi connectivity index (χ0v) is 16.6. The van der Waals surface area contributed by atoms with E-state index in [0.717, 1.165) is 0 Å². The summed E-state index contributed by atoms with van der Waals surface area (Å²) >= 11 is 0. The van der Waals surface area contributed by atoms with Gasteiger partial charge >= 0.3 is 5.97 Å². The van der Waals surface area contributed by atoms with E-state index >= 15 is 0 Å². The Hall–Kier alpha value is -4.19. The number of hydrogen-bond acceptors (Lipinski definition) is 8. The van der Waals surface area contributed by atoms with Crippen LogP contribution < -0.4 is 14.2 Å². The summed E-state index contributed by atoms with van der Waals surface area (Å²) in [5.74, 6) is -0.108. The van der Waals surface area contributed by atoms with Gasteiger partial charge in [-0.2, -0.15) is 5.26 Å². The molecule has 1 heterocycles. The molecule has 0 radical (unpaired) electrons. The molecule has 0 amide bonds. The number of esters is 1. The lowest BCUT2D eigenvalue weighted by atomic mass is 10.2. The molecule has 2 aromatic carbocycles. The Morgan fingerprint density at radius 1 is 1.13 bits per heavy atom. The molecule has 1 aromatic heterocycles. The van der Waals surface area contributed by atoms with Gasteiger partial charge in [-0.1, -0.05) is 12.1 Å². The minimum Gasteiger partial charge on any atom is -0.507 e. The third-order valence-electron chi connectivity index (χ3n) is 4.27. The summed E-state index contributed by atoms with van der Waals surface area (Å²) in [7, 11) is 4.30. The molecule has 0 fully saturated rings. The van der Waals surface area contributed by atoms with Crippen LogP contribution in [0.1, 0.15) is 16.2 Å². The van der Waals surface area contributed by atoms with Crippen LogP contribution in [0.15, 0.2) is 42.2 Å². The maximum atomic E-state index is 12.5. The Morgan fingerprint density at radius 3 is 2.37 bits per heavy atom. The summed E-state index contributed by atoms with van der Waals surface area (Å²) in [5.41, 5.74) is 1.35. The first kappa shape index (κ1) is 20.5. The molecular formula is C21H19N3O6. The van der Waals surface area contributed by atoms with Crippen molar-refractivity contribution in [2.45, 2.75) is 0 Å². The molecule has 0 aliphatic heterocycles. The van der Waals surface area contributed by atoms with Crippen LogP contribution in [0.3, 0.4) is 0 Å². The maximum Gasteiger partial charge on any atom is 0.338 e. The fraction of sp³-hybridized carbons (Fsp3) is 0.190. The lowest BCUT2D eigenvalue weighted by Crippen LogP contribution is -2.10. The van der Waals surface area contributed by atoms with E-state index in [2.05, 4.69) is 9.97 Å². The second-order valence-corrected chi connectivity index (χ2v) is 6.03. The van der Waals surface area contributed by atoms with Gasteiger partial charge in [0.1, 0.15) is 18.2 Å². The second-order valence-electron chi connectivity index (χ2n) is 6.03. The van der Waals surface area contributed by atoms with E-state index in [9.17, 15) is 15.2 Å². The number of fused-ring (bicyclic) bond motifs is 1. The van der Waals surface area contributed by atoms with Gasteiger partial charge in [-0.25, -0.2) is 9.78 Å². The van der Waals surface area contributed by atoms with Crippen LogP contribution >= 0.6 is 0 Å². The number of rotatable bonds is 7. The third-order valence-corrected chi connectivity index (χ3v) is 4.27. The average Bonchev–Trinajstić information content (AvgIpc) is 3.20. The number of imidazole rings is 1. The Bertz CT molecular complexity index is 1100. The number of para-hydroxylation sites is 2. The molecule has 0 unspecified atom stereocenters. The number of carbonyl (C=O) groups is 1. The highest BCUT2D eigenvalue weighted by Crippen LogP contribution is 2.38. The fourth-order valence-corrected chi connectivity index (χ4v) is 2.81. The highest BCUT2D eigenvalue weighted by Gasteiger charge is 2.19. The van der Waals surface area contributed by atoms with E-state index in [1.54, 1.807) is 12.1 Å². The van der Waals surface area contributed by atoms with Crippen molar-refractivity contribution in [3.8, 4) is 23.3 Å². The summed E-state index contributed by atoms with van der Waals surface area (Å²) in [6.07, 6.45) is 0. The highest BCUT2D eigenvalue weighted by atomic mass is 16.5. The number of nitrogens with one attached hydrogen (secondary N) is 1. The SMILES string of the molecule is COc1cc(C(=O)OCC(O)=C(C#N)c2nc3ccccc3[nH]2)cc(OC)c1OC. The first-order chi connectivity index (χ1) is 14.5. The van der Waals surface area contributed by atoms with Crippen LogP contribution in [0.25, 0.3) is 16.6 Å².